The highest BCUT2D eigenvalue weighted by Gasteiger charge is 2.35. The number of hydrogen-bond donors (Lipinski definition) is 2. The molecular formula is C16H24N2O. The van der Waals surface area contributed by atoms with Crippen LogP contribution in [-0.2, 0) is 0 Å². The van der Waals surface area contributed by atoms with E-state index >= 15 is 0 Å². The molecule has 1 fully saturated rings. The normalized spacial score (nSPS) is 16.6. The Kier molecular flexibility index (Phi) is 4.13. The summed E-state index contributed by atoms with van der Waals surface area (Å²) < 4.78 is 0. The molecular weight excluding hydrogens is 236 g/mol. The lowest BCUT2D eigenvalue weighted by Gasteiger charge is -2.41. The van der Waals surface area contributed by atoms with Gasteiger partial charge in [-0.2, -0.15) is 0 Å². The zero-order valence-electron chi connectivity index (χ0n) is 12.2. The van der Waals surface area contributed by atoms with Crippen LogP contribution in [0.5, 0.6) is 0 Å². The minimum Gasteiger partial charge on any atom is -0.388 e. The number of anilines is 1. The molecule has 2 N–H and O–H groups in total. The van der Waals surface area contributed by atoms with Crippen LogP contribution in [0.1, 0.15) is 48.5 Å². The molecule has 1 aromatic rings. The summed E-state index contributed by atoms with van der Waals surface area (Å²) in [6.07, 6.45) is 4.97. The lowest BCUT2D eigenvalue weighted by Crippen LogP contribution is -2.41. The van der Waals surface area contributed by atoms with Gasteiger partial charge in [-0.15, -0.1) is 0 Å². The van der Waals surface area contributed by atoms with Gasteiger partial charge in [0.05, 0.1) is 0 Å². The number of carbonyl (C=O) groups excluding carboxylic acids is 1. The third-order valence-electron chi connectivity index (χ3n) is 4.55. The molecule has 2 rings (SSSR count). The molecule has 0 atom stereocenters. The van der Waals surface area contributed by atoms with Crippen molar-refractivity contribution in [1.82, 2.24) is 5.32 Å². The summed E-state index contributed by atoms with van der Waals surface area (Å²) in [5.74, 6) is 0.0467. The third kappa shape index (κ3) is 2.91. The summed E-state index contributed by atoms with van der Waals surface area (Å²) in [7, 11) is 1.89. The van der Waals surface area contributed by atoms with E-state index in [1.165, 1.54) is 19.3 Å². The number of aryl methyl sites for hydroxylation is 1. The van der Waals surface area contributed by atoms with Crippen molar-refractivity contribution in [3.8, 4) is 0 Å². The topological polar surface area (TPSA) is 41.1 Å². The summed E-state index contributed by atoms with van der Waals surface area (Å²) in [6, 6.07) is 5.79. The van der Waals surface area contributed by atoms with Crippen molar-refractivity contribution in [2.24, 2.45) is 5.41 Å². The second kappa shape index (κ2) is 5.64. The highest BCUT2D eigenvalue weighted by atomic mass is 16.1. The molecule has 0 bridgehead atoms. The molecule has 0 heterocycles. The van der Waals surface area contributed by atoms with Gasteiger partial charge in [-0.05, 0) is 55.4 Å². The van der Waals surface area contributed by atoms with Gasteiger partial charge in [0, 0.05) is 24.8 Å². The number of hydrogen-bond acceptors (Lipinski definition) is 2. The quantitative estimate of drug-likeness (QED) is 0.852. The first-order valence-electron chi connectivity index (χ1n) is 7.17. The number of amides is 1. The zero-order chi connectivity index (χ0) is 13.9. The third-order valence-corrected chi connectivity index (χ3v) is 4.55. The summed E-state index contributed by atoms with van der Waals surface area (Å²) in [5, 5.41) is 6.21. The maximum absolute atomic E-state index is 12.2. The molecule has 0 spiro atoms. The Morgan fingerprint density at radius 1 is 1.37 bits per heavy atom. The molecule has 0 unspecified atom stereocenters. The second-order valence-corrected chi connectivity index (χ2v) is 5.67. The van der Waals surface area contributed by atoms with Gasteiger partial charge < -0.3 is 10.6 Å². The van der Waals surface area contributed by atoms with Crippen molar-refractivity contribution >= 4 is 11.6 Å². The maximum Gasteiger partial charge on any atom is 0.251 e. The van der Waals surface area contributed by atoms with E-state index in [4.69, 9.17) is 0 Å². The van der Waals surface area contributed by atoms with Gasteiger partial charge in [-0.25, -0.2) is 0 Å². The number of nitrogens with one attached hydrogen (secondary N) is 2. The Morgan fingerprint density at radius 2 is 2.11 bits per heavy atom. The molecule has 3 nitrogen and oxygen atoms in total. The minimum absolute atomic E-state index is 0.0467. The summed E-state index contributed by atoms with van der Waals surface area (Å²) >= 11 is 0. The van der Waals surface area contributed by atoms with Crippen LogP contribution >= 0.6 is 0 Å². The Hall–Kier alpha value is -1.51. The average Bonchev–Trinajstić information content (AvgIpc) is 2.37. The second-order valence-electron chi connectivity index (χ2n) is 5.67. The van der Waals surface area contributed by atoms with E-state index in [0.717, 1.165) is 29.8 Å². The lowest BCUT2D eigenvalue weighted by atomic mass is 9.67. The van der Waals surface area contributed by atoms with E-state index in [2.05, 4.69) is 17.6 Å². The molecule has 1 aromatic carbocycles. The van der Waals surface area contributed by atoms with Gasteiger partial charge in [0.1, 0.15) is 0 Å². The summed E-state index contributed by atoms with van der Waals surface area (Å²) in [6.45, 7) is 5.05. The van der Waals surface area contributed by atoms with E-state index in [9.17, 15) is 4.79 Å². The Balaban J connectivity index is 1.98. The summed E-state index contributed by atoms with van der Waals surface area (Å²) in [5.41, 5.74) is 3.29. The van der Waals surface area contributed by atoms with Gasteiger partial charge in [0.25, 0.3) is 5.91 Å². The molecule has 0 radical (unpaired) electrons. The zero-order valence-corrected chi connectivity index (χ0v) is 12.2. The van der Waals surface area contributed by atoms with E-state index < -0.39 is 0 Å². The average molecular weight is 260 g/mol. The van der Waals surface area contributed by atoms with E-state index in [1.54, 1.807) is 0 Å². The largest absolute Gasteiger partial charge is 0.388 e. The standard InChI is InChI=1S/C16H24N2O/c1-4-16(8-5-9-16)11-18-15(19)13-6-7-14(17-3)12(2)10-13/h6-7,10,17H,4-5,8-9,11H2,1-3H3,(H,18,19). The Morgan fingerprint density at radius 3 is 2.58 bits per heavy atom. The van der Waals surface area contributed by atoms with Crippen molar-refractivity contribution in [3.05, 3.63) is 29.3 Å². The molecule has 0 aromatic heterocycles. The van der Waals surface area contributed by atoms with Crippen LogP contribution in [0.4, 0.5) is 5.69 Å². The molecule has 1 amide bonds. The fourth-order valence-corrected chi connectivity index (χ4v) is 2.79. The van der Waals surface area contributed by atoms with Crippen LogP contribution in [0.15, 0.2) is 18.2 Å². The molecule has 1 aliphatic carbocycles. The highest BCUT2D eigenvalue weighted by Crippen LogP contribution is 2.43. The SMILES string of the molecule is CCC1(CNC(=O)c2ccc(NC)c(C)c2)CCC1. The van der Waals surface area contributed by atoms with Crippen molar-refractivity contribution in [2.75, 3.05) is 18.9 Å². The van der Waals surface area contributed by atoms with Crippen molar-refractivity contribution in [1.29, 1.82) is 0 Å². The van der Waals surface area contributed by atoms with E-state index in [-0.39, 0.29) is 5.91 Å². The van der Waals surface area contributed by atoms with Crippen LogP contribution in [0.3, 0.4) is 0 Å². The Labute approximate surface area is 115 Å². The molecule has 1 aliphatic rings. The van der Waals surface area contributed by atoms with Crippen molar-refractivity contribution in [2.45, 2.75) is 39.5 Å². The first-order chi connectivity index (χ1) is 9.10. The smallest absolute Gasteiger partial charge is 0.251 e. The van der Waals surface area contributed by atoms with E-state index in [0.29, 0.717) is 5.41 Å². The van der Waals surface area contributed by atoms with Crippen molar-refractivity contribution in [3.63, 3.8) is 0 Å². The summed E-state index contributed by atoms with van der Waals surface area (Å²) in [4.78, 5) is 12.2. The van der Waals surface area contributed by atoms with Crippen LogP contribution < -0.4 is 10.6 Å². The fourth-order valence-electron chi connectivity index (χ4n) is 2.79. The van der Waals surface area contributed by atoms with Gasteiger partial charge in [-0.3, -0.25) is 4.79 Å². The first-order valence-corrected chi connectivity index (χ1v) is 7.17. The van der Waals surface area contributed by atoms with Gasteiger partial charge in [0.15, 0.2) is 0 Å². The van der Waals surface area contributed by atoms with Gasteiger partial charge >= 0.3 is 0 Å². The van der Waals surface area contributed by atoms with Crippen LogP contribution in [-0.4, -0.2) is 19.5 Å². The van der Waals surface area contributed by atoms with Crippen molar-refractivity contribution < 1.29 is 4.79 Å². The lowest BCUT2D eigenvalue weighted by molar-refractivity contribution is 0.0850. The Bertz CT molecular complexity index is 458. The predicted molar refractivity (Wildman–Crippen MR) is 79.6 cm³/mol. The first kappa shape index (κ1) is 13.9. The molecule has 104 valence electrons. The van der Waals surface area contributed by atoms with E-state index in [1.807, 2.05) is 32.2 Å². The molecule has 0 aliphatic heterocycles. The fraction of sp³-hybridized carbons (Fsp3) is 0.562. The molecule has 19 heavy (non-hydrogen) atoms. The van der Waals surface area contributed by atoms with Crippen LogP contribution in [0, 0.1) is 12.3 Å². The molecule has 0 saturated heterocycles. The number of rotatable bonds is 5. The van der Waals surface area contributed by atoms with Crippen LogP contribution in [0.2, 0.25) is 0 Å². The number of benzene rings is 1. The molecule has 3 heteroatoms. The van der Waals surface area contributed by atoms with Gasteiger partial charge in [0.2, 0.25) is 0 Å². The monoisotopic (exact) mass is 260 g/mol. The van der Waals surface area contributed by atoms with Crippen LogP contribution in [0.25, 0.3) is 0 Å². The molecule has 1 saturated carbocycles. The minimum atomic E-state index is 0.0467. The predicted octanol–water partition coefficient (Wildman–Crippen LogP) is 3.35. The highest BCUT2D eigenvalue weighted by molar-refractivity contribution is 5.94. The number of carbonyl (C=O) groups is 1. The maximum atomic E-state index is 12.2. The van der Waals surface area contributed by atoms with Gasteiger partial charge in [-0.1, -0.05) is 13.3 Å².